The van der Waals surface area contributed by atoms with Gasteiger partial charge in [0.05, 0.1) is 11.1 Å². The molecule has 0 aliphatic rings. The van der Waals surface area contributed by atoms with Crippen LogP contribution in [0, 0.1) is 5.82 Å². The highest BCUT2D eigenvalue weighted by molar-refractivity contribution is 6.31. The predicted octanol–water partition coefficient (Wildman–Crippen LogP) is 4.15. The summed E-state index contributed by atoms with van der Waals surface area (Å²) in [7, 11) is 0. The first-order valence-electron chi connectivity index (χ1n) is 11.1. The number of aromatic nitrogens is 2. The Bertz CT molecular complexity index is 1240. The highest BCUT2D eigenvalue weighted by Crippen LogP contribution is 2.20. The van der Waals surface area contributed by atoms with Gasteiger partial charge in [-0.3, -0.25) is 24.9 Å². The van der Waals surface area contributed by atoms with Crippen molar-refractivity contribution in [3.8, 4) is 0 Å². The van der Waals surface area contributed by atoms with Crippen LogP contribution >= 0.6 is 11.6 Å². The molecule has 0 aliphatic heterocycles. The van der Waals surface area contributed by atoms with E-state index in [2.05, 4.69) is 20.7 Å². The second-order valence-electron chi connectivity index (χ2n) is 7.89. The molecular formula is C24H25ClFN5O5. The minimum atomic E-state index is -0.988. The van der Waals surface area contributed by atoms with Crippen molar-refractivity contribution in [1.29, 1.82) is 0 Å². The molecular weight excluding hydrogens is 493 g/mol. The number of pyridine rings is 2. The summed E-state index contributed by atoms with van der Waals surface area (Å²) in [6.07, 6.45) is 4.38. The number of ether oxygens (including phenoxy) is 1. The number of carboxylic acids is 1. The van der Waals surface area contributed by atoms with E-state index in [4.69, 9.17) is 21.4 Å². The van der Waals surface area contributed by atoms with Crippen LogP contribution in [-0.2, 0) is 20.9 Å². The number of rotatable bonds is 11. The second-order valence-corrected chi connectivity index (χ2v) is 8.27. The van der Waals surface area contributed by atoms with Gasteiger partial charge in [0, 0.05) is 49.3 Å². The Morgan fingerprint density at radius 2 is 2.03 bits per heavy atom. The molecule has 36 heavy (non-hydrogen) atoms. The van der Waals surface area contributed by atoms with Gasteiger partial charge in [0.15, 0.2) is 0 Å². The fourth-order valence-electron chi connectivity index (χ4n) is 3.49. The third-order valence-electron chi connectivity index (χ3n) is 5.26. The summed E-state index contributed by atoms with van der Waals surface area (Å²) in [5.41, 5.74) is 3.31. The number of amides is 2. The first kappa shape index (κ1) is 26.8. The highest BCUT2D eigenvalue weighted by Gasteiger charge is 2.24. The van der Waals surface area contributed by atoms with E-state index in [1.165, 1.54) is 24.1 Å². The Kier molecular flexibility index (Phi) is 9.48. The van der Waals surface area contributed by atoms with E-state index in [1.54, 1.807) is 36.8 Å². The summed E-state index contributed by atoms with van der Waals surface area (Å²) in [4.78, 5) is 44.0. The average Bonchev–Trinajstić information content (AvgIpc) is 2.84. The zero-order valence-electron chi connectivity index (χ0n) is 19.4. The highest BCUT2D eigenvalue weighted by atomic mass is 35.5. The maximum Gasteiger partial charge on any atom is 0.412 e. The lowest BCUT2D eigenvalue weighted by molar-refractivity contribution is -0.137. The molecule has 3 N–H and O–H groups in total. The monoisotopic (exact) mass is 517 g/mol. The smallest absolute Gasteiger partial charge is 0.412 e. The lowest BCUT2D eigenvalue weighted by Crippen LogP contribution is -2.50. The molecule has 0 spiro atoms. The Morgan fingerprint density at radius 3 is 2.78 bits per heavy atom. The molecule has 0 bridgehead atoms. The zero-order chi connectivity index (χ0) is 26.1. The van der Waals surface area contributed by atoms with Gasteiger partial charge in [0.1, 0.15) is 18.2 Å². The molecule has 2 aromatic heterocycles. The number of hydrogen-bond donors (Lipinski definition) is 3. The van der Waals surface area contributed by atoms with Crippen LogP contribution in [0.1, 0.15) is 31.7 Å². The molecule has 190 valence electrons. The predicted molar refractivity (Wildman–Crippen MR) is 131 cm³/mol. The number of carbonyl (C=O) groups excluding carboxylic acids is 2. The Labute approximate surface area is 211 Å². The molecule has 2 heterocycles. The minimum absolute atomic E-state index is 0.0207. The summed E-state index contributed by atoms with van der Waals surface area (Å²) in [5, 5.41) is 14.3. The summed E-state index contributed by atoms with van der Waals surface area (Å²) >= 11 is 6.00. The maximum absolute atomic E-state index is 13.8. The van der Waals surface area contributed by atoms with Crippen molar-refractivity contribution in [2.45, 2.75) is 38.8 Å². The van der Waals surface area contributed by atoms with Crippen LogP contribution < -0.4 is 10.7 Å². The second kappa shape index (κ2) is 12.8. The van der Waals surface area contributed by atoms with Crippen LogP contribution in [0.25, 0.3) is 10.8 Å². The molecule has 0 fully saturated rings. The van der Waals surface area contributed by atoms with Crippen LogP contribution in [-0.4, -0.2) is 50.7 Å². The van der Waals surface area contributed by atoms with Crippen molar-refractivity contribution in [2.75, 3.05) is 11.9 Å². The third-order valence-corrected chi connectivity index (χ3v) is 5.69. The number of nitrogens with zero attached hydrogens (tertiary/aromatic N) is 3. The summed E-state index contributed by atoms with van der Waals surface area (Å²) in [6.45, 7) is 1.09. The van der Waals surface area contributed by atoms with Gasteiger partial charge in [-0.15, -0.1) is 0 Å². The normalized spacial score (nSPS) is 11.6. The van der Waals surface area contributed by atoms with Crippen molar-refractivity contribution in [3.63, 3.8) is 0 Å². The number of aliphatic carboxylic acids is 1. The summed E-state index contributed by atoms with van der Waals surface area (Å²) < 4.78 is 19.1. The largest absolute Gasteiger partial charge is 0.481 e. The minimum Gasteiger partial charge on any atom is -0.481 e. The van der Waals surface area contributed by atoms with Crippen LogP contribution in [0.5, 0.6) is 0 Å². The van der Waals surface area contributed by atoms with Crippen LogP contribution in [0.3, 0.4) is 0 Å². The van der Waals surface area contributed by atoms with Crippen LogP contribution in [0.2, 0.25) is 5.02 Å². The molecule has 0 saturated heterocycles. The maximum atomic E-state index is 13.8. The van der Waals surface area contributed by atoms with Crippen molar-refractivity contribution in [1.82, 2.24) is 20.4 Å². The number of hydrazine groups is 1. The van der Waals surface area contributed by atoms with Gasteiger partial charge in [0.25, 0.3) is 0 Å². The zero-order valence-corrected chi connectivity index (χ0v) is 20.2. The van der Waals surface area contributed by atoms with E-state index in [-0.39, 0.29) is 43.3 Å². The Balaban J connectivity index is 1.66. The average molecular weight is 518 g/mol. The molecule has 3 aromatic rings. The van der Waals surface area contributed by atoms with Gasteiger partial charge in [0.2, 0.25) is 5.91 Å². The fraction of sp³-hybridized carbons (Fsp3) is 0.292. The molecule has 1 aromatic carbocycles. The topological polar surface area (TPSA) is 134 Å². The molecule has 12 heteroatoms. The molecule has 3 rings (SSSR count). The number of carbonyl (C=O) groups is 3. The number of benzene rings is 1. The molecule has 1 atom stereocenters. The SMILES string of the molecule is CC(=O)N(NCc1cccc(F)c1Cl)C(CCCC(=O)O)COC(=O)Nc1cc2cnccc2cn1. The number of carboxylic acid groups (broad SMARTS) is 1. The molecule has 0 saturated carbocycles. The molecule has 2 amide bonds. The van der Waals surface area contributed by atoms with Crippen LogP contribution in [0.15, 0.2) is 48.9 Å². The molecule has 10 nitrogen and oxygen atoms in total. The van der Waals surface area contributed by atoms with Crippen molar-refractivity contribution in [2.24, 2.45) is 0 Å². The van der Waals surface area contributed by atoms with E-state index in [0.29, 0.717) is 5.56 Å². The number of hydrogen-bond acceptors (Lipinski definition) is 7. The Hall–Kier alpha value is -3.83. The quantitative estimate of drug-likeness (QED) is 0.323. The van der Waals surface area contributed by atoms with Gasteiger partial charge < -0.3 is 9.84 Å². The van der Waals surface area contributed by atoms with Crippen molar-refractivity contribution in [3.05, 3.63) is 65.3 Å². The third kappa shape index (κ3) is 7.59. The number of fused-ring (bicyclic) bond motifs is 1. The van der Waals surface area contributed by atoms with E-state index >= 15 is 0 Å². The lowest BCUT2D eigenvalue weighted by Gasteiger charge is -2.31. The first-order valence-corrected chi connectivity index (χ1v) is 11.4. The van der Waals surface area contributed by atoms with Crippen LogP contribution in [0.4, 0.5) is 15.0 Å². The van der Waals surface area contributed by atoms with Gasteiger partial charge >= 0.3 is 12.1 Å². The first-order chi connectivity index (χ1) is 17.2. The standard InChI is InChI=1S/C24H25ClFN5O5/c1-15(32)31(29-13-17-4-2-6-20(26)23(17)25)19(5-3-7-22(33)34)14-36-24(35)30-21-10-18-11-27-9-8-16(18)12-28-21/h2,4,6,8-12,19,29H,3,5,7,13-14H2,1H3,(H,33,34)(H,28,30,35). The van der Waals surface area contributed by atoms with E-state index in [1.807, 2.05) is 0 Å². The number of nitrogens with one attached hydrogen (secondary N) is 2. The van der Waals surface area contributed by atoms with Gasteiger partial charge in [-0.25, -0.2) is 19.6 Å². The van der Waals surface area contributed by atoms with E-state index in [0.717, 1.165) is 10.8 Å². The summed E-state index contributed by atoms with van der Waals surface area (Å²) in [5.74, 6) is -1.74. The molecule has 0 aliphatic carbocycles. The van der Waals surface area contributed by atoms with Crippen molar-refractivity contribution >= 4 is 46.2 Å². The number of anilines is 1. The number of halogens is 2. The van der Waals surface area contributed by atoms with Gasteiger partial charge in [-0.05, 0) is 36.6 Å². The Morgan fingerprint density at radius 1 is 1.22 bits per heavy atom. The fourth-order valence-corrected chi connectivity index (χ4v) is 3.68. The molecule has 1 unspecified atom stereocenters. The summed E-state index contributed by atoms with van der Waals surface area (Å²) in [6, 6.07) is 7.04. The lowest BCUT2D eigenvalue weighted by atomic mass is 10.1. The van der Waals surface area contributed by atoms with Crippen molar-refractivity contribution < 1.29 is 28.6 Å². The van der Waals surface area contributed by atoms with E-state index in [9.17, 15) is 18.8 Å². The van der Waals surface area contributed by atoms with E-state index < -0.39 is 29.8 Å². The molecule has 0 radical (unpaired) electrons. The van der Waals surface area contributed by atoms with Gasteiger partial charge in [-0.2, -0.15) is 0 Å². The van der Waals surface area contributed by atoms with Gasteiger partial charge in [-0.1, -0.05) is 23.7 Å².